The smallest absolute Gasteiger partial charge is 0.339 e. The van der Waals surface area contributed by atoms with Gasteiger partial charge in [0.2, 0.25) is 0 Å². The second-order valence-corrected chi connectivity index (χ2v) is 11.3. The molecule has 0 unspecified atom stereocenters. The van der Waals surface area contributed by atoms with Gasteiger partial charge in [0.05, 0.1) is 32.0 Å². The molecular weight excluding hydrogens is 503 g/mol. The molecular formula is C30H47O5PS. The molecule has 0 amide bonds. The van der Waals surface area contributed by atoms with Gasteiger partial charge in [0, 0.05) is 10.6 Å². The lowest BCUT2D eigenvalue weighted by molar-refractivity contribution is 0.0487. The average molecular weight is 551 g/mol. The Morgan fingerprint density at radius 1 is 0.838 bits per heavy atom. The van der Waals surface area contributed by atoms with E-state index in [0.29, 0.717) is 32.0 Å². The Labute approximate surface area is 231 Å². The van der Waals surface area contributed by atoms with Crippen molar-refractivity contribution in [3.8, 4) is 0 Å². The Balaban J connectivity index is 2.39. The van der Waals surface area contributed by atoms with E-state index in [-0.39, 0.29) is 5.97 Å². The monoisotopic (exact) mass is 550 g/mol. The first kappa shape index (κ1) is 33.6. The number of benzene rings is 1. The van der Waals surface area contributed by atoms with Gasteiger partial charge in [-0.1, -0.05) is 47.1 Å². The second-order valence-electron chi connectivity index (χ2n) is 9.00. The van der Waals surface area contributed by atoms with E-state index in [9.17, 15) is 4.79 Å². The molecule has 208 valence electrons. The van der Waals surface area contributed by atoms with Gasteiger partial charge in [0.1, 0.15) is 0 Å². The van der Waals surface area contributed by atoms with E-state index in [1.54, 1.807) is 11.8 Å². The number of carbonyl (C=O) groups excluding carboxylic acids is 1. The first-order chi connectivity index (χ1) is 17.9. The molecule has 1 aromatic rings. The van der Waals surface area contributed by atoms with Crippen LogP contribution in [0.3, 0.4) is 0 Å². The van der Waals surface area contributed by atoms with Crippen LogP contribution in [0, 0.1) is 0 Å². The number of rotatable bonds is 20. The van der Waals surface area contributed by atoms with Gasteiger partial charge in [-0.15, -0.1) is 11.8 Å². The summed E-state index contributed by atoms with van der Waals surface area (Å²) >= 11 is 1.67. The normalized spacial score (nSPS) is 12.2. The number of thioether (sulfide) groups is 1. The summed E-state index contributed by atoms with van der Waals surface area (Å²) in [5.41, 5.74) is 4.84. The van der Waals surface area contributed by atoms with Gasteiger partial charge in [0.25, 0.3) is 0 Å². The van der Waals surface area contributed by atoms with Gasteiger partial charge in [0.15, 0.2) is 0 Å². The Morgan fingerprint density at radius 3 is 2.14 bits per heavy atom. The second kappa shape index (κ2) is 21.5. The summed E-state index contributed by atoms with van der Waals surface area (Å²) in [4.78, 5) is 13.6. The molecule has 0 bridgehead atoms. The van der Waals surface area contributed by atoms with Gasteiger partial charge >= 0.3 is 14.6 Å². The van der Waals surface area contributed by atoms with Crippen LogP contribution in [0.2, 0.25) is 0 Å². The van der Waals surface area contributed by atoms with Crippen LogP contribution in [-0.4, -0.2) is 38.1 Å². The molecule has 0 aliphatic rings. The summed E-state index contributed by atoms with van der Waals surface area (Å²) in [6, 6.07) is 7.67. The molecule has 0 atom stereocenters. The minimum absolute atomic E-state index is 0.274. The van der Waals surface area contributed by atoms with E-state index in [2.05, 4.69) is 45.9 Å². The fourth-order valence-corrected chi connectivity index (χ4v) is 5.23. The number of unbranched alkanes of at least 4 members (excludes halogenated alkanes) is 1. The fourth-order valence-electron chi connectivity index (χ4n) is 3.28. The molecule has 0 radical (unpaired) electrons. The minimum atomic E-state index is -1.28. The van der Waals surface area contributed by atoms with Crippen LogP contribution in [0.5, 0.6) is 0 Å². The van der Waals surface area contributed by atoms with Crippen molar-refractivity contribution >= 4 is 26.3 Å². The van der Waals surface area contributed by atoms with E-state index in [1.807, 2.05) is 38.1 Å². The standard InChI is InChI=1S/C30H47O5PS/c1-7-33-36(34-8-2)35-23-12-11-22-32-30(31)28-19-9-10-20-29(28)37-24-21-27(6)18-14-17-26(5)16-13-15-25(3)4/h9-10,15,17,19-21H,7-8,11-14,16,18,22-24H2,1-6H3/b26-17+,27-21+. The molecule has 0 N–H and O–H groups in total. The zero-order chi connectivity index (χ0) is 27.3. The Morgan fingerprint density at radius 2 is 1.46 bits per heavy atom. The van der Waals surface area contributed by atoms with E-state index in [0.717, 1.165) is 49.2 Å². The summed E-state index contributed by atoms with van der Waals surface area (Å²) in [7, 11) is -1.28. The lowest BCUT2D eigenvalue weighted by atomic mass is 10.1. The largest absolute Gasteiger partial charge is 0.462 e. The average Bonchev–Trinajstić information content (AvgIpc) is 2.86. The minimum Gasteiger partial charge on any atom is -0.462 e. The summed E-state index contributed by atoms with van der Waals surface area (Å²) in [6.45, 7) is 14.5. The van der Waals surface area contributed by atoms with Crippen LogP contribution in [0.1, 0.15) is 90.4 Å². The van der Waals surface area contributed by atoms with Crippen molar-refractivity contribution in [2.24, 2.45) is 0 Å². The third-order valence-corrected chi connectivity index (χ3v) is 7.67. The van der Waals surface area contributed by atoms with E-state index in [4.69, 9.17) is 18.3 Å². The van der Waals surface area contributed by atoms with Gasteiger partial charge in [-0.2, -0.15) is 0 Å². The molecule has 37 heavy (non-hydrogen) atoms. The number of carbonyl (C=O) groups is 1. The zero-order valence-electron chi connectivity index (χ0n) is 23.7. The molecule has 1 rings (SSSR count). The van der Waals surface area contributed by atoms with Crippen molar-refractivity contribution in [2.45, 2.75) is 85.0 Å². The SMILES string of the molecule is CCOP(OCC)OCCCCOC(=O)c1ccccc1SC/C=C(\C)CC/C=C(\C)CCC=C(C)C. The molecule has 0 aliphatic heterocycles. The first-order valence-corrected chi connectivity index (χ1v) is 15.5. The number of hydrogen-bond acceptors (Lipinski definition) is 6. The van der Waals surface area contributed by atoms with Crippen molar-refractivity contribution in [3.05, 3.63) is 64.8 Å². The summed E-state index contributed by atoms with van der Waals surface area (Å²) in [6.07, 6.45) is 12.8. The van der Waals surface area contributed by atoms with Gasteiger partial charge in [-0.3, -0.25) is 0 Å². The van der Waals surface area contributed by atoms with Crippen molar-refractivity contribution in [1.82, 2.24) is 0 Å². The third kappa shape index (κ3) is 16.9. The molecule has 0 saturated heterocycles. The van der Waals surface area contributed by atoms with Gasteiger partial charge < -0.3 is 18.3 Å². The maximum Gasteiger partial charge on any atom is 0.339 e. The van der Waals surface area contributed by atoms with Crippen molar-refractivity contribution < 1.29 is 23.1 Å². The van der Waals surface area contributed by atoms with Crippen molar-refractivity contribution in [3.63, 3.8) is 0 Å². The summed E-state index contributed by atoms with van der Waals surface area (Å²) in [5.74, 6) is 0.559. The molecule has 0 saturated carbocycles. The highest BCUT2D eigenvalue weighted by molar-refractivity contribution is 7.99. The molecule has 1 aromatic carbocycles. The third-order valence-electron chi connectivity index (χ3n) is 5.34. The van der Waals surface area contributed by atoms with Gasteiger partial charge in [-0.25, -0.2) is 4.79 Å². The predicted molar refractivity (Wildman–Crippen MR) is 158 cm³/mol. The molecule has 0 heterocycles. The van der Waals surface area contributed by atoms with Crippen LogP contribution in [-0.2, 0) is 18.3 Å². The van der Waals surface area contributed by atoms with Crippen LogP contribution in [0.25, 0.3) is 0 Å². The Bertz CT molecular complexity index is 855. The number of allylic oxidation sites excluding steroid dienone is 5. The highest BCUT2D eigenvalue weighted by Crippen LogP contribution is 2.39. The van der Waals surface area contributed by atoms with E-state index in [1.165, 1.54) is 16.7 Å². The summed E-state index contributed by atoms with van der Waals surface area (Å²) in [5, 5.41) is 0. The maximum absolute atomic E-state index is 12.7. The fraction of sp³-hybridized carbons (Fsp3) is 0.567. The van der Waals surface area contributed by atoms with Crippen LogP contribution < -0.4 is 0 Å². The number of ether oxygens (including phenoxy) is 1. The Kier molecular flexibility index (Phi) is 19.5. The topological polar surface area (TPSA) is 54.0 Å². The number of esters is 1. The van der Waals surface area contributed by atoms with Crippen LogP contribution >= 0.6 is 20.4 Å². The molecule has 7 heteroatoms. The maximum atomic E-state index is 12.7. The Hall–Kier alpha value is -1.43. The lowest BCUT2D eigenvalue weighted by Crippen LogP contribution is -2.08. The first-order valence-electron chi connectivity index (χ1n) is 13.4. The number of hydrogen-bond donors (Lipinski definition) is 0. The predicted octanol–water partition coefficient (Wildman–Crippen LogP) is 9.45. The quantitative estimate of drug-likeness (QED) is 0.0530. The van der Waals surface area contributed by atoms with Crippen molar-refractivity contribution in [1.29, 1.82) is 0 Å². The molecule has 0 aromatic heterocycles. The zero-order valence-corrected chi connectivity index (χ0v) is 25.4. The molecule has 0 fully saturated rings. The molecule has 0 aliphatic carbocycles. The van der Waals surface area contributed by atoms with Crippen LogP contribution in [0.15, 0.2) is 64.1 Å². The molecule has 0 spiro atoms. The summed E-state index contributed by atoms with van der Waals surface area (Å²) < 4.78 is 22.0. The van der Waals surface area contributed by atoms with Crippen LogP contribution in [0.4, 0.5) is 0 Å². The van der Waals surface area contributed by atoms with Gasteiger partial charge in [-0.05, 0) is 92.2 Å². The van der Waals surface area contributed by atoms with Crippen molar-refractivity contribution in [2.75, 3.05) is 32.2 Å². The highest BCUT2D eigenvalue weighted by atomic mass is 32.2. The molecule has 5 nitrogen and oxygen atoms in total. The van der Waals surface area contributed by atoms with E-state index < -0.39 is 8.60 Å². The highest BCUT2D eigenvalue weighted by Gasteiger charge is 2.13. The lowest BCUT2D eigenvalue weighted by Gasteiger charge is -2.14. The van der Waals surface area contributed by atoms with E-state index >= 15 is 0 Å².